The minimum Gasteiger partial charge on any atom is -0.369 e. The van der Waals surface area contributed by atoms with Gasteiger partial charge >= 0.3 is 0 Å². The van der Waals surface area contributed by atoms with Crippen LogP contribution >= 0.6 is 0 Å². The second kappa shape index (κ2) is 9.38. The van der Waals surface area contributed by atoms with Gasteiger partial charge in [0.1, 0.15) is 23.3 Å². The lowest BCUT2D eigenvalue weighted by molar-refractivity contribution is -0.119. The van der Waals surface area contributed by atoms with Gasteiger partial charge < -0.3 is 20.9 Å². The first-order valence-corrected chi connectivity index (χ1v) is 10.1. The molecule has 3 N–H and O–H groups in total. The molecule has 9 heteroatoms. The molecule has 0 bridgehead atoms. The molecule has 3 heterocycles. The zero-order valence-corrected chi connectivity index (χ0v) is 17.2. The van der Waals surface area contributed by atoms with Gasteiger partial charge in [-0.1, -0.05) is 12.1 Å². The van der Waals surface area contributed by atoms with E-state index in [9.17, 15) is 9.18 Å². The monoisotopic (exact) mass is 421 g/mol. The van der Waals surface area contributed by atoms with Crippen LogP contribution in [0.15, 0.2) is 55.0 Å². The summed E-state index contributed by atoms with van der Waals surface area (Å²) in [5.41, 5.74) is 1.93. The number of carbonyl (C=O) groups is 1. The lowest BCUT2D eigenvalue weighted by Gasteiger charge is -2.21. The van der Waals surface area contributed by atoms with E-state index in [4.69, 9.17) is 0 Å². The van der Waals surface area contributed by atoms with Crippen molar-refractivity contribution in [2.24, 2.45) is 0 Å². The van der Waals surface area contributed by atoms with Crippen molar-refractivity contribution in [3.05, 3.63) is 66.4 Å². The Hall–Kier alpha value is -3.75. The highest BCUT2D eigenvalue weighted by Crippen LogP contribution is 2.27. The number of anilines is 4. The van der Waals surface area contributed by atoms with Gasteiger partial charge in [-0.3, -0.25) is 9.78 Å². The van der Waals surface area contributed by atoms with Gasteiger partial charge in [-0.15, -0.1) is 0 Å². The van der Waals surface area contributed by atoms with Gasteiger partial charge in [-0.2, -0.15) is 0 Å². The molecule has 1 aliphatic heterocycles. The molecule has 3 aromatic rings. The summed E-state index contributed by atoms with van der Waals surface area (Å²) in [6.07, 6.45) is 5.73. The molecular weight excluding hydrogens is 397 g/mol. The number of nitrogens with one attached hydrogen (secondary N) is 3. The average Bonchev–Trinajstić information content (AvgIpc) is 3.22. The SMILES string of the molecule is CC(=O)N[C@H]1CCN(c2cc(NCc3ccc(F)cc3)nc(Nc3cnccn3)c2)C1. The predicted molar refractivity (Wildman–Crippen MR) is 118 cm³/mol. The number of hydrogen-bond donors (Lipinski definition) is 3. The summed E-state index contributed by atoms with van der Waals surface area (Å²) in [7, 11) is 0. The summed E-state index contributed by atoms with van der Waals surface area (Å²) in [5.74, 6) is 1.61. The topological polar surface area (TPSA) is 95.1 Å². The number of benzene rings is 1. The maximum Gasteiger partial charge on any atom is 0.217 e. The lowest BCUT2D eigenvalue weighted by atomic mass is 10.2. The molecule has 0 spiro atoms. The van der Waals surface area contributed by atoms with E-state index in [0.717, 1.165) is 30.8 Å². The number of halogens is 1. The maximum absolute atomic E-state index is 13.2. The lowest BCUT2D eigenvalue weighted by Crippen LogP contribution is -2.35. The highest BCUT2D eigenvalue weighted by atomic mass is 19.1. The molecule has 2 aromatic heterocycles. The van der Waals surface area contributed by atoms with E-state index in [-0.39, 0.29) is 17.8 Å². The van der Waals surface area contributed by atoms with Crippen LogP contribution in [0, 0.1) is 5.82 Å². The van der Waals surface area contributed by atoms with Crippen molar-refractivity contribution in [2.75, 3.05) is 28.6 Å². The summed E-state index contributed by atoms with van der Waals surface area (Å²) in [4.78, 5) is 26.6. The molecule has 160 valence electrons. The van der Waals surface area contributed by atoms with Gasteiger partial charge in [0.05, 0.1) is 6.20 Å². The first-order chi connectivity index (χ1) is 15.0. The Morgan fingerprint density at radius 2 is 1.97 bits per heavy atom. The van der Waals surface area contributed by atoms with Crippen molar-refractivity contribution in [1.82, 2.24) is 20.3 Å². The molecular formula is C22H24FN7O. The van der Waals surface area contributed by atoms with Crippen LogP contribution in [0.5, 0.6) is 0 Å². The Balaban J connectivity index is 1.54. The Kier molecular flexibility index (Phi) is 6.21. The number of amides is 1. The quantitative estimate of drug-likeness (QED) is 0.540. The molecule has 8 nitrogen and oxygen atoms in total. The fourth-order valence-electron chi connectivity index (χ4n) is 3.54. The Bertz CT molecular complexity index is 1030. The molecule has 31 heavy (non-hydrogen) atoms. The van der Waals surface area contributed by atoms with Crippen molar-refractivity contribution in [3.8, 4) is 0 Å². The van der Waals surface area contributed by atoms with Crippen LogP contribution in [0.4, 0.5) is 27.5 Å². The second-order valence-electron chi connectivity index (χ2n) is 7.42. The average molecular weight is 421 g/mol. The molecule has 1 aromatic carbocycles. The molecule has 1 saturated heterocycles. The maximum atomic E-state index is 13.2. The zero-order chi connectivity index (χ0) is 21.6. The van der Waals surface area contributed by atoms with E-state index in [1.54, 1.807) is 30.7 Å². The first-order valence-electron chi connectivity index (χ1n) is 10.1. The fraction of sp³-hybridized carbons (Fsp3) is 0.273. The van der Waals surface area contributed by atoms with E-state index >= 15 is 0 Å². The van der Waals surface area contributed by atoms with Crippen LogP contribution in [0.2, 0.25) is 0 Å². The van der Waals surface area contributed by atoms with Gasteiger partial charge in [0.25, 0.3) is 0 Å². The van der Waals surface area contributed by atoms with Crippen molar-refractivity contribution in [2.45, 2.75) is 25.9 Å². The minimum absolute atomic E-state index is 0.0201. The van der Waals surface area contributed by atoms with Gasteiger partial charge in [0.2, 0.25) is 5.91 Å². The van der Waals surface area contributed by atoms with Gasteiger partial charge in [-0.05, 0) is 24.1 Å². The smallest absolute Gasteiger partial charge is 0.217 e. The molecule has 0 aliphatic carbocycles. The number of hydrogen-bond acceptors (Lipinski definition) is 7. The van der Waals surface area contributed by atoms with Crippen LogP contribution in [0.3, 0.4) is 0 Å². The zero-order valence-electron chi connectivity index (χ0n) is 17.2. The summed E-state index contributed by atoms with van der Waals surface area (Å²) in [6.45, 7) is 3.61. The van der Waals surface area contributed by atoms with E-state index in [1.807, 2.05) is 12.1 Å². The third kappa shape index (κ3) is 5.65. The number of carbonyl (C=O) groups excluding carboxylic acids is 1. The Morgan fingerprint density at radius 1 is 1.16 bits per heavy atom. The Morgan fingerprint density at radius 3 is 2.71 bits per heavy atom. The van der Waals surface area contributed by atoms with Crippen LogP contribution in [0.1, 0.15) is 18.9 Å². The summed E-state index contributed by atoms with van der Waals surface area (Å²) >= 11 is 0. The number of aromatic nitrogens is 3. The summed E-state index contributed by atoms with van der Waals surface area (Å²) < 4.78 is 13.2. The highest BCUT2D eigenvalue weighted by molar-refractivity contribution is 5.73. The van der Waals surface area contributed by atoms with Crippen LogP contribution < -0.4 is 20.9 Å². The molecule has 1 atom stereocenters. The van der Waals surface area contributed by atoms with Gasteiger partial charge in [0, 0.05) is 62.8 Å². The van der Waals surface area contributed by atoms with Crippen molar-refractivity contribution < 1.29 is 9.18 Å². The minimum atomic E-state index is -0.262. The van der Waals surface area contributed by atoms with Crippen molar-refractivity contribution >= 4 is 29.0 Å². The van der Waals surface area contributed by atoms with E-state index in [0.29, 0.717) is 24.0 Å². The van der Waals surface area contributed by atoms with E-state index in [2.05, 4.69) is 35.8 Å². The molecule has 4 rings (SSSR count). The molecule has 1 fully saturated rings. The molecule has 1 amide bonds. The number of pyridine rings is 1. The van der Waals surface area contributed by atoms with Gasteiger partial charge in [-0.25, -0.2) is 14.4 Å². The third-order valence-electron chi connectivity index (χ3n) is 4.98. The molecule has 0 radical (unpaired) electrons. The fourth-order valence-corrected chi connectivity index (χ4v) is 3.54. The summed E-state index contributed by atoms with van der Waals surface area (Å²) in [6, 6.07) is 10.4. The normalized spacial score (nSPS) is 15.5. The predicted octanol–water partition coefficient (Wildman–Crippen LogP) is 3.08. The van der Waals surface area contributed by atoms with Crippen LogP contribution in [-0.4, -0.2) is 40.0 Å². The van der Waals surface area contributed by atoms with Crippen molar-refractivity contribution in [3.63, 3.8) is 0 Å². The summed E-state index contributed by atoms with van der Waals surface area (Å²) in [5, 5.41) is 9.48. The molecule has 0 saturated carbocycles. The third-order valence-corrected chi connectivity index (χ3v) is 4.98. The molecule has 0 unspecified atom stereocenters. The Labute approximate surface area is 179 Å². The van der Waals surface area contributed by atoms with Crippen LogP contribution in [0.25, 0.3) is 0 Å². The van der Waals surface area contributed by atoms with Crippen LogP contribution in [-0.2, 0) is 11.3 Å². The van der Waals surface area contributed by atoms with E-state index in [1.165, 1.54) is 19.1 Å². The largest absolute Gasteiger partial charge is 0.369 e. The van der Waals surface area contributed by atoms with Gasteiger partial charge in [0.15, 0.2) is 0 Å². The molecule has 1 aliphatic rings. The van der Waals surface area contributed by atoms with Crippen molar-refractivity contribution in [1.29, 1.82) is 0 Å². The van der Waals surface area contributed by atoms with E-state index < -0.39 is 0 Å². The number of nitrogens with zero attached hydrogens (tertiary/aromatic N) is 4. The highest BCUT2D eigenvalue weighted by Gasteiger charge is 2.24. The first kappa shape index (κ1) is 20.5. The standard InChI is InChI=1S/C22H24FN7O/c1-15(31)27-18-6-9-30(14-18)19-10-20(26-12-16-2-4-17(23)5-3-16)28-21(11-19)29-22-13-24-7-8-25-22/h2-5,7-8,10-11,13,18H,6,9,12,14H2,1H3,(H,27,31)(H2,25,26,28,29)/t18-/m0/s1. The number of rotatable bonds is 7. The second-order valence-corrected chi connectivity index (χ2v) is 7.42.